The molecule has 0 saturated heterocycles. The summed E-state index contributed by atoms with van der Waals surface area (Å²) in [4.78, 5) is 9.79. The first-order valence-electron chi connectivity index (χ1n) is 17.3. The number of benzene rings is 4. The Morgan fingerprint density at radius 1 is 0.776 bits per heavy atom. The quantitative estimate of drug-likeness (QED) is 0.174. The van der Waals surface area contributed by atoms with Crippen molar-refractivity contribution in [3.8, 4) is 28.2 Å². The van der Waals surface area contributed by atoms with E-state index in [9.17, 15) is 0 Å². The van der Waals surface area contributed by atoms with Gasteiger partial charge in [0, 0.05) is 28.3 Å². The number of hydrogen-bond acceptors (Lipinski definition) is 4. The summed E-state index contributed by atoms with van der Waals surface area (Å²) < 4.78 is 18.3. The first-order valence-corrected chi connectivity index (χ1v) is 17.3. The van der Waals surface area contributed by atoms with Crippen LogP contribution < -0.4 is 4.57 Å². The van der Waals surface area contributed by atoms with Gasteiger partial charge < -0.3 is 8.83 Å². The normalized spacial score (nSPS) is 12.6. The van der Waals surface area contributed by atoms with Crippen molar-refractivity contribution < 1.29 is 13.4 Å². The Bertz CT molecular complexity index is 2530. The third-order valence-electron chi connectivity index (χ3n) is 9.90. The van der Waals surface area contributed by atoms with Gasteiger partial charge in [0.15, 0.2) is 22.2 Å². The van der Waals surface area contributed by atoms with Crippen molar-refractivity contribution in [1.29, 1.82) is 0 Å². The molecule has 6 nitrogen and oxygen atoms in total. The van der Waals surface area contributed by atoms with Gasteiger partial charge in [0.05, 0.1) is 17.8 Å². The zero-order valence-corrected chi connectivity index (χ0v) is 29.8. The van der Waals surface area contributed by atoms with Crippen molar-refractivity contribution in [2.75, 3.05) is 0 Å². The lowest BCUT2D eigenvalue weighted by Crippen LogP contribution is -2.30. The molecule has 246 valence electrons. The van der Waals surface area contributed by atoms with Crippen LogP contribution in [0.25, 0.3) is 72.4 Å². The fourth-order valence-corrected chi connectivity index (χ4v) is 7.40. The molecule has 4 aromatic carbocycles. The van der Waals surface area contributed by atoms with Gasteiger partial charge in [-0.1, -0.05) is 90.9 Å². The molecule has 49 heavy (non-hydrogen) atoms. The molecule has 0 radical (unpaired) electrons. The highest BCUT2D eigenvalue weighted by Gasteiger charge is 2.36. The molecule has 0 aliphatic rings. The Hall–Kier alpha value is -5.23. The molecule has 8 aromatic rings. The maximum absolute atomic E-state index is 6.78. The van der Waals surface area contributed by atoms with E-state index in [0.29, 0.717) is 11.6 Å². The van der Waals surface area contributed by atoms with E-state index in [4.69, 9.17) is 13.8 Å². The minimum atomic E-state index is -0.270. The Morgan fingerprint density at radius 2 is 1.45 bits per heavy atom. The van der Waals surface area contributed by atoms with E-state index >= 15 is 0 Å². The monoisotopic (exact) mass is 647 g/mol. The molecule has 0 unspecified atom stereocenters. The number of para-hydroxylation sites is 2. The van der Waals surface area contributed by atoms with Gasteiger partial charge in [0.2, 0.25) is 11.6 Å². The third-order valence-corrected chi connectivity index (χ3v) is 9.90. The Balaban J connectivity index is 1.58. The lowest BCUT2D eigenvalue weighted by Gasteiger charge is -2.21. The van der Waals surface area contributed by atoms with Crippen molar-refractivity contribution >= 4 is 44.2 Å². The molecule has 0 spiro atoms. The fourth-order valence-electron chi connectivity index (χ4n) is 7.40. The molecule has 0 aliphatic heterocycles. The summed E-state index contributed by atoms with van der Waals surface area (Å²) in [5.74, 6) is 2.25. The Morgan fingerprint density at radius 3 is 2.12 bits per heavy atom. The van der Waals surface area contributed by atoms with Crippen molar-refractivity contribution in [2.45, 2.75) is 72.6 Å². The van der Waals surface area contributed by atoms with Gasteiger partial charge in [0.25, 0.3) is 5.82 Å². The summed E-state index contributed by atoms with van der Waals surface area (Å²) >= 11 is 0. The molecule has 0 bridgehead atoms. The molecule has 4 heterocycles. The van der Waals surface area contributed by atoms with Gasteiger partial charge in [0.1, 0.15) is 16.8 Å². The molecule has 8 rings (SSSR count). The topological polar surface area (TPSA) is 60.9 Å². The van der Waals surface area contributed by atoms with E-state index in [1.54, 1.807) is 6.20 Å². The number of pyridine rings is 1. The van der Waals surface area contributed by atoms with Crippen LogP contribution in [0, 0.1) is 6.92 Å². The summed E-state index contributed by atoms with van der Waals surface area (Å²) in [5.41, 5.74) is 13.2. The van der Waals surface area contributed by atoms with Gasteiger partial charge in [-0.25, -0.2) is 14.5 Å². The van der Waals surface area contributed by atoms with Crippen LogP contribution in [0.4, 0.5) is 0 Å². The largest absolute Gasteiger partial charge is 0.440 e. The van der Waals surface area contributed by atoms with Crippen LogP contribution in [0.2, 0.25) is 0 Å². The van der Waals surface area contributed by atoms with Gasteiger partial charge in [-0.3, -0.25) is 0 Å². The van der Waals surface area contributed by atoms with E-state index < -0.39 is 0 Å². The highest BCUT2D eigenvalue weighted by Crippen LogP contribution is 2.46. The summed E-state index contributed by atoms with van der Waals surface area (Å²) in [6.07, 6.45) is 1.78. The number of imidazole rings is 1. The van der Waals surface area contributed by atoms with Crippen LogP contribution in [0.15, 0.2) is 93.9 Å². The lowest BCUT2D eigenvalue weighted by atomic mass is 9.88. The first-order chi connectivity index (χ1) is 23.5. The first kappa shape index (κ1) is 31.1. The maximum atomic E-state index is 6.78. The second-order valence-corrected chi connectivity index (χ2v) is 15.0. The highest BCUT2D eigenvalue weighted by molar-refractivity contribution is 6.20. The minimum absolute atomic E-state index is 0.262. The second-order valence-electron chi connectivity index (χ2n) is 15.0. The van der Waals surface area contributed by atoms with Gasteiger partial charge in [-0.15, -0.1) is 0 Å². The van der Waals surface area contributed by atoms with Crippen molar-refractivity contribution in [1.82, 2.24) is 14.5 Å². The number of oxazole rings is 1. The highest BCUT2D eigenvalue weighted by atomic mass is 16.4. The smallest absolute Gasteiger partial charge is 0.299 e. The fraction of sp³-hybridized carbons (Fsp3) is 0.279. The van der Waals surface area contributed by atoms with Crippen molar-refractivity contribution in [3.05, 3.63) is 108 Å². The van der Waals surface area contributed by atoms with E-state index in [1.165, 1.54) is 27.9 Å². The molecule has 0 saturated carbocycles. The zero-order chi connectivity index (χ0) is 34.4. The number of aromatic nitrogens is 4. The predicted molar refractivity (Wildman–Crippen MR) is 200 cm³/mol. The molecule has 0 aliphatic carbocycles. The Kier molecular flexibility index (Phi) is 7.07. The van der Waals surface area contributed by atoms with Crippen LogP contribution in [-0.2, 0) is 12.5 Å². The lowest BCUT2D eigenvalue weighted by molar-refractivity contribution is -0.633. The third kappa shape index (κ3) is 4.72. The Labute approximate surface area is 287 Å². The van der Waals surface area contributed by atoms with Crippen LogP contribution in [0.5, 0.6) is 0 Å². The van der Waals surface area contributed by atoms with Crippen LogP contribution >= 0.6 is 0 Å². The molecular weight excluding hydrogens is 604 g/mol. The molecular formula is C43H43N4O2+. The van der Waals surface area contributed by atoms with E-state index in [1.807, 2.05) is 6.07 Å². The minimum Gasteiger partial charge on any atom is -0.440 e. The molecule has 4 aromatic heterocycles. The van der Waals surface area contributed by atoms with Gasteiger partial charge >= 0.3 is 0 Å². The van der Waals surface area contributed by atoms with Gasteiger partial charge in [-0.2, -0.15) is 4.57 Å². The number of furan rings is 1. The summed E-state index contributed by atoms with van der Waals surface area (Å²) in [5, 5.41) is 1.86. The standard InChI is InChI=1S/C43H43N4O2/c1-24(2)30-22-28(27-16-11-10-12-17-27)23-31(25(3)4)37(30)47-33-20-14-13-19-32(33)46(9)41(47)34-26(5)38-36(45-42(49-38)43(6,7)8)35-29-18-15-21-44-40(29)48-39(34)35/h10-25H,1-9H3/q+1. The molecule has 0 amide bonds. The molecule has 0 atom stereocenters. The van der Waals surface area contributed by atoms with Crippen LogP contribution in [0.3, 0.4) is 0 Å². The summed E-state index contributed by atoms with van der Waals surface area (Å²) in [7, 11) is 2.16. The van der Waals surface area contributed by atoms with Crippen molar-refractivity contribution in [2.24, 2.45) is 7.05 Å². The predicted octanol–water partition coefficient (Wildman–Crippen LogP) is 11.1. The summed E-state index contributed by atoms with van der Waals surface area (Å²) in [6, 6.07) is 28.2. The maximum Gasteiger partial charge on any atom is 0.299 e. The van der Waals surface area contributed by atoms with E-state index in [2.05, 4.69) is 149 Å². The second kappa shape index (κ2) is 11.2. The zero-order valence-electron chi connectivity index (χ0n) is 29.8. The SMILES string of the molecule is Cc1c(-c2n(-c3c(C(C)C)cc(-c4ccccc4)cc3C(C)C)c3ccccc3[n+]2C)c2oc3ncccc3c2c2nc(C(C)(C)C)oc12. The number of hydrogen-bond donors (Lipinski definition) is 0. The van der Waals surface area contributed by atoms with Gasteiger partial charge in [-0.05, 0) is 66.3 Å². The van der Waals surface area contributed by atoms with E-state index in [-0.39, 0.29) is 17.3 Å². The van der Waals surface area contributed by atoms with E-state index in [0.717, 1.165) is 55.4 Å². The summed E-state index contributed by atoms with van der Waals surface area (Å²) in [6.45, 7) is 17.7. The number of fused-ring (bicyclic) bond motifs is 6. The number of aryl methyl sites for hydroxylation is 2. The molecule has 0 fully saturated rings. The number of nitrogens with zero attached hydrogens (tertiary/aromatic N) is 4. The van der Waals surface area contributed by atoms with Crippen LogP contribution in [0.1, 0.15) is 82.9 Å². The molecule has 6 heteroatoms. The van der Waals surface area contributed by atoms with Crippen molar-refractivity contribution in [3.63, 3.8) is 0 Å². The average molecular weight is 648 g/mol. The molecule has 0 N–H and O–H groups in total. The van der Waals surface area contributed by atoms with Crippen LogP contribution in [-0.4, -0.2) is 14.5 Å². The number of rotatable bonds is 5. The average Bonchev–Trinajstić information content (AvgIpc) is 3.77.